The Labute approximate surface area is 214 Å². The maximum Gasteiger partial charge on any atom is 0.335 e. The molecule has 5 rings (SSSR count). The van der Waals surface area contributed by atoms with Crippen molar-refractivity contribution in [2.24, 2.45) is 0 Å². The number of nitrogens with one attached hydrogen (secondary N) is 2. The summed E-state index contributed by atoms with van der Waals surface area (Å²) in [4.78, 5) is 29.7. The van der Waals surface area contributed by atoms with Crippen LogP contribution in [-0.2, 0) is 6.54 Å². The lowest BCUT2D eigenvalue weighted by Gasteiger charge is -2.18. The van der Waals surface area contributed by atoms with Gasteiger partial charge in [0.2, 0.25) is 5.95 Å². The number of aromatic carboxylic acids is 1. The van der Waals surface area contributed by atoms with Crippen LogP contribution in [0.5, 0.6) is 0 Å². The lowest BCUT2D eigenvalue weighted by Crippen LogP contribution is -2.30. The van der Waals surface area contributed by atoms with Crippen molar-refractivity contribution in [1.29, 1.82) is 0 Å². The number of benzene rings is 1. The van der Waals surface area contributed by atoms with E-state index in [1.54, 1.807) is 44.3 Å². The van der Waals surface area contributed by atoms with E-state index in [2.05, 4.69) is 30.2 Å². The number of aliphatic hydroxyl groups is 1. The predicted molar refractivity (Wildman–Crippen MR) is 142 cm³/mol. The van der Waals surface area contributed by atoms with Crippen LogP contribution in [0.15, 0.2) is 48.9 Å². The summed E-state index contributed by atoms with van der Waals surface area (Å²) >= 11 is 0. The molecule has 1 aliphatic carbocycles. The molecule has 1 saturated carbocycles. The molecule has 10 heteroatoms. The zero-order chi connectivity index (χ0) is 26.0. The highest BCUT2D eigenvalue weighted by molar-refractivity contribution is 5.88. The van der Waals surface area contributed by atoms with Gasteiger partial charge < -0.3 is 25.4 Å². The number of aromatic nitrogens is 5. The largest absolute Gasteiger partial charge is 0.478 e. The van der Waals surface area contributed by atoms with Gasteiger partial charge >= 0.3 is 5.97 Å². The monoisotopic (exact) mass is 501 g/mol. The van der Waals surface area contributed by atoms with Crippen LogP contribution in [-0.4, -0.2) is 52.8 Å². The van der Waals surface area contributed by atoms with Crippen molar-refractivity contribution in [2.75, 3.05) is 17.2 Å². The SMILES string of the molecule is CC(C)(O)CNc1nc(NCc2ccc(-c3ccc(C(=O)O)cc3)nc2)c2ncn(C3CCCC3)c2n1. The first-order valence-corrected chi connectivity index (χ1v) is 12.5. The second-order valence-electron chi connectivity index (χ2n) is 10.1. The number of carboxylic acid groups (broad SMARTS) is 1. The Hall–Kier alpha value is -4.05. The number of carboxylic acids is 1. The molecule has 0 unspecified atom stereocenters. The highest BCUT2D eigenvalue weighted by Gasteiger charge is 2.22. The summed E-state index contributed by atoms with van der Waals surface area (Å²) in [5, 5.41) is 25.8. The number of imidazole rings is 1. The van der Waals surface area contributed by atoms with Crippen LogP contribution in [0, 0.1) is 0 Å². The fourth-order valence-corrected chi connectivity index (χ4v) is 4.53. The second-order valence-corrected chi connectivity index (χ2v) is 10.1. The minimum atomic E-state index is -0.953. The van der Waals surface area contributed by atoms with Crippen molar-refractivity contribution >= 4 is 28.9 Å². The van der Waals surface area contributed by atoms with E-state index in [-0.39, 0.29) is 5.56 Å². The molecule has 192 valence electrons. The Bertz CT molecular complexity index is 1390. The van der Waals surface area contributed by atoms with Crippen molar-refractivity contribution in [3.8, 4) is 11.3 Å². The zero-order valence-electron chi connectivity index (χ0n) is 21.0. The molecule has 4 aromatic rings. The van der Waals surface area contributed by atoms with E-state index in [4.69, 9.17) is 10.1 Å². The van der Waals surface area contributed by atoms with Crippen LogP contribution in [0.3, 0.4) is 0 Å². The van der Waals surface area contributed by atoms with Gasteiger partial charge in [-0.2, -0.15) is 9.97 Å². The Morgan fingerprint density at radius 2 is 1.81 bits per heavy atom. The van der Waals surface area contributed by atoms with Crippen LogP contribution in [0.1, 0.15) is 61.5 Å². The molecule has 3 aromatic heterocycles. The van der Waals surface area contributed by atoms with E-state index in [9.17, 15) is 9.90 Å². The molecule has 0 bridgehead atoms. The second kappa shape index (κ2) is 10.1. The molecular weight excluding hydrogens is 470 g/mol. The topological polar surface area (TPSA) is 138 Å². The molecule has 0 atom stereocenters. The number of carbonyl (C=O) groups is 1. The number of nitrogens with zero attached hydrogens (tertiary/aromatic N) is 5. The first-order valence-electron chi connectivity index (χ1n) is 12.5. The van der Waals surface area contributed by atoms with Gasteiger partial charge in [-0.05, 0) is 50.5 Å². The number of hydrogen-bond donors (Lipinski definition) is 4. The molecule has 0 saturated heterocycles. The number of pyridine rings is 1. The maximum atomic E-state index is 11.1. The van der Waals surface area contributed by atoms with E-state index in [1.165, 1.54) is 12.8 Å². The molecule has 0 spiro atoms. The van der Waals surface area contributed by atoms with E-state index < -0.39 is 11.6 Å². The van der Waals surface area contributed by atoms with Gasteiger partial charge in [0.15, 0.2) is 17.0 Å². The standard InChI is InChI=1S/C27H31N7O3/c1-27(2,37)15-30-26-32-23(22-24(33-26)34(16-31-22)20-5-3-4-6-20)29-14-17-7-12-21(28-13-17)18-8-10-19(11-9-18)25(35)36/h7-13,16,20,37H,3-6,14-15H2,1-2H3,(H,35,36)(H2,29,30,32,33). The third-order valence-electron chi connectivity index (χ3n) is 6.53. The van der Waals surface area contributed by atoms with E-state index in [0.29, 0.717) is 36.4 Å². The summed E-state index contributed by atoms with van der Waals surface area (Å²) in [6.45, 7) is 4.27. The van der Waals surface area contributed by atoms with Crippen LogP contribution in [0.4, 0.5) is 11.8 Å². The van der Waals surface area contributed by atoms with Gasteiger partial charge in [0, 0.05) is 30.9 Å². The fourth-order valence-electron chi connectivity index (χ4n) is 4.53. The summed E-state index contributed by atoms with van der Waals surface area (Å²) < 4.78 is 2.15. The molecule has 10 nitrogen and oxygen atoms in total. The van der Waals surface area contributed by atoms with Gasteiger partial charge in [0.25, 0.3) is 0 Å². The van der Waals surface area contributed by atoms with Crippen molar-refractivity contribution < 1.29 is 15.0 Å². The molecule has 0 radical (unpaired) electrons. The number of anilines is 2. The van der Waals surface area contributed by atoms with Gasteiger partial charge in [-0.25, -0.2) is 9.78 Å². The fraction of sp³-hybridized carbons (Fsp3) is 0.370. The highest BCUT2D eigenvalue weighted by atomic mass is 16.4. The first kappa shape index (κ1) is 24.6. The quantitative estimate of drug-likeness (QED) is 0.261. The molecule has 4 N–H and O–H groups in total. The van der Waals surface area contributed by atoms with Crippen molar-refractivity contribution in [1.82, 2.24) is 24.5 Å². The molecule has 3 heterocycles. The average molecular weight is 502 g/mol. The van der Waals surface area contributed by atoms with E-state index in [1.807, 2.05) is 18.5 Å². The normalized spacial score (nSPS) is 14.2. The van der Waals surface area contributed by atoms with Crippen LogP contribution in [0.25, 0.3) is 22.4 Å². The number of fused-ring (bicyclic) bond motifs is 1. The van der Waals surface area contributed by atoms with Crippen molar-refractivity contribution in [3.63, 3.8) is 0 Å². The molecule has 37 heavy (non-hydrogen) atoms. The van der Waals surface area contributed by atoms with E-state index in [0.717, 1.165) is 35.3 Å². The molecular formula is C27H31N7O3. The third-order valence-corrected chi connectivity index (χ3v) is 6.53. The summed E-state index contributed by atoms with van der Waals surface area (Å²) in [5.74, 6) is 0.106. The molecule has 0 amide bonds. The minimum Gasteiger partial charge on any atom is -0.478 e. The summed E-state index contributed by atoms with van der Waals surface area (Å²) in [7, 11) is 0. The lowest BCUT2D eigenvalue weighted by atomic mass is 10.1. The Balaban J connectivity index is 1.36. The highest BCUT2D eigenvalue weighted by Crippen LogP contribution is 2.33. The van der Waals surface area contributed by atoms with E-state index >= 15 is 0 Å². The lowest BCUT2D eigenvalue weighted by molar-refractivity contribution is 0.0696. The summed E-state index contributed by atoms with van der Waals surface area (Å²) in [6, 6.07) is 10.9. The van der Waals surface area contributed by atoms with Gasteiger partial charge in [-0.15, -0.1) is 0 Å². The Kier molecular flexibility index (Phi) is 6.75. The minimum absolute atomic E-state index is 0.243. The average Bonchev–Trinajstić information content (AvgIpc) is 3.56. The molecule has 0 aliphatic heterocycles. The summed E-state index contributed by atoms with van der Waals surface area (Å²) in [6.07, 6.45) is 8.28. The van der Waals surface area contributed by atoms with Crippen molar-refractivity contribution in [2.45, 2.75) is 57.7 Å². The number of rotatable bonds is 9. The van der Waals surface area contributed by atoms with Gasteiger partial charge in [-0.1, -0.05) is 31.0 Å². The molecule has 1 aromatic carbocycles. The molecule has 1 aliphatic rings. The van der Waals surface area contributed by atoms with Gasteiger partial charge in [0.1, 0.15) is 0 Å². The van der Waals surface area contributed by atoms with Crippen LogP contribution in [0.2, 0.25) is 0 Å². The summed E-state index contributed by atoms with van der Waals surface area (Å²) in [5.41, 5.74) is 3.40. The Morgan fingerprint density at radius 3 is 2.46 bits per heavy atom. The molecule has 1 fully saturated rings. The Morgan fingerprint density at radius 1 is 1.05 bits per heavy atom. The third kappa shape index (κ3) is 5.69. The van der Waals surface area contributed by atoms with Gasteiger partial charge in [0.05, 0.1) is 23.2 Å². The first-order chi connectivity index (χ1) is 17.8. The van der Waals surface area contributed by atoms with Crippen LogP contribution < -0.4 is 10.6 Å². The van der Waals surface area contributed by atoms with Crippen LogP contribution >= 0.6 is 0 Å². The number of hydrogen-bond acceptors (Lipinski definition) is 8. The zero-order valence-corrected chi connectivity index (χ0v) is 21.0. The smallest absolute Gasteiger partial charge is 0.335 e. The van der Waals surface area contributed by atoms with Gasteiger partial charge in [-0.3, -0.25) is 4.98 Å². The predicted octanol–water partition coefficient (Wildman–Crippen LogP) is 4.50. The maximum absolute atomic E-state index is 11.1. The van der Waals surface area contributed by atoms with Crippen molar-refractivity contribution in [3.05, 3.63) is 60.0 Å².